The molecule has 3 aromatic rings. The van der Waals surface area contributed by atoms with E-state index in [0.717, 1.165) is 5.56 Å². The third-order valence-electron chi connectivity index (χ3n) is 3.97. The molecule has 3 rings (SSSR count). The van der Waals surface area contributed by atoms with Gasteiger partial charge in [0.2, 0.25) is 5.91 Å². The number of halogens is 2. The number of hydrogen-bond donors (Lipinski definition) is 2. The van der Waals surface area contributed by atoms with Gasteiger partial charge in [-0.2, -0.15) is 0 Å². The van der Waals surface area contributed by atoms with Crippen molar-refractivity contribution in [2.24, 2.45) is 0 Å². The molecule has 1 atom stereocenters. The fourth-order valence-corrected chi connectivity index (χ4v) is 2.65. The van der Waals surface area contributed by atoms with Crippen LogP contribution in [0.2, 0.25) is 5.02 Å². The summed E-state index contributed by atoms with van der Waals surface area (Å²) in [7, 11) is 0. The van der Waals surface area contributed by atoms with E-state index in [9.17, 15) is 14.3 Å². The number of aliphatic hydroxyl groups excluding tert-OH is 1. The van der Waals surface area contributed by atoms with Crippen LogP contribution in [0.3, 0.4) is 0 Å². The zero-order valence-electron chi connectivity index (χ0n) is 14.4. The maximum Gasteiger partial charge on any atom is 0.220 e. The second-order valence-electron chi connectivity index (χ2n) is 6.00. The standard InChI is InChI=1S/C20H18ClFN2O3/c21-15-6-4-13(5-7-15)18-12-24-20(27-18)9-8-19(26)23-11-17(25)14-2-1-3-16(22)10-14/h1-7,10,12,17,25H,8-9,11H2,(H,23,26). The van der Waals surface area contributed by atoms with E-state index in [-0.39, 0.29) is 18.9 Å². The zero-order chi connectivity index (χ0) is 19.2. The van der Waals surface area contributed by atoms with Crippen molar-refractivity contribution in [2.75, 3.05) is 6.54 Å². The Labute approximate surface area is 160 Å². The smallest absolute Gasteiger partial charge is 0.220 e. The Bertz CT molecular complexity index is 912. The van der Waals surface area contributed by atoms with E-state index in [1.54, 1.807) is 24.4 Å². The van der Waals surface area contributed by atoms with Gasteiger partial charge in [0, 0.05) is 30.0 Å². The summed E-state index contributed by atoms with van der Waals surface area (Å²) in [5.74, 6) is 0.360. The maximum atomic E-state index is 13.2. The van der Waals surface area contributed by atoms with Crippen molar-refractivity contribution in [3.05, 3.63) is 77.0 Å². The van der Waals surface area contributed by atoms with Crippen molar-refractivity contribution in [1.82, 2.24) is 10.3 Å². The van der Waals surface area contributed by atoms with E-state index >= 15 is 0 Å². The molecular weight excluding hydrogens is 371 g/mol. The molecule has 0 spiro atoms. The van der Waals surface area contributed by atoms with Crippen LogP contribution in [0.25, 0.3) is 11.3 Å². The first kappa shape index (κ1) is 19.1. The number of amides is 1. The van der Waals surface area contributed by atoms with Crippen LogP contribution in [0.15, 0.2) is 59.1 Å². The van der Waals surface area contributed by atoms with E-state index in [1.165, 1.54) is 18.2 Å². The van der Waals surface area contributed by atoms with Gasteiger partial charge in [0.05, 0.1) is 12.3 Å². The van der Waals surface area contributed by atoms with Gasteiger partial charge in [0.25, 0.3) is 0 Å². The van der Waals surface area contributed by atoms with Crippen molar-refractivity contribution >= 4 is 17.5 Å². The van der Waals surface area contributed by atoms with Gasteiger partial charge in [-0.3, -0.25) is 4.79 Å². The number of nitrogens with zero attached hydrogens (tertiary/aromatic N) is 1. The molecule has 0 radical (unpaired) electrons. The second-order valence-corrected chi connectivity index (χ2v) is 6.44. The normalized spacial score (nSPS) is 12.0. The van der Waals surface area contributed by atoms with Crippen molar-refractivity contribution in [2.45, 2.75) is 18.9 Å². The van der Waals surface area contributed by atoms with Gasteiger partial charge in [0.15, 0.2) is 11.7 Å². The van der Waals surface area contributed by atoms with E-state index in [2.05, 4.69) is 10.3 Å². The molecule has 0 bridgehead atoms. The maximum absolute atomic E-state index is 13.2. The Morgan fingerprint density at radius 3 is 2.78 bits per heavy atom. The lowest BCUT2D eigenvalue weighted by atomic mass is 10.1. The number of oxazole rings is 1. The van der Waals surface area contributed by atoms with Gasteiger partial charge in [-0.25, -0.2) is 9.37 Å². The zero-order valence-corrected chi connectivity index (χ0v) is 15.1. The Morgan fingerprint density at radius 1 is 1.26 bits per heavy atom. The van der Waals surface area contributed by atoms with Crippen molar-refractivity contribution in [3.8, 4) is 11.3 Å². The number of nitrogens with one attached hydrogen (secondary N) is 1. The monoisotopic (exact) mass is 388 g/mol. The number of rotatable bonds is 7. The number of aryl methyl sites for hydroxylation is 1. The van der Waals surface area contributed by atoms with Crippen molar-refractivity contribution in [3.63, 3.8) is 0 Å². The number of aromatic nitrogens is 1. The summed E-state index contributed by atoms with van der Waals surface area (Å²) in [5, 5.41) is 13.3. The summed E-state index contributed by atoms with van der Waals surface area (Å²) in [5.41, 5.74) is 1.26. The quantitative estimate of drug-likeness (QED) is 0.643. The molecule has 0 aliphatic carbocycles. The lowest BCUT2D eigenvalue weighted by Gasteiger charge is -2.12. The Hall–Kier alpha value is -2.70. The molecule has 2 aromatic carbocycles. The molecule has 1 amide bonds. The average molecular weight is 389 g/mol. The predicted octanol–water partition coefficient (Wildman–Crippen LogP) is 3.92. The first-order chi connectivity index (χ1) is 13.0. The molecule has 1 aromatic heterocycles. The number of benzene rings is 2. The average Bonchev–Trinajstić information content (AvgIpc) is 3.14. The fourth-order valence-electron chi connectivity index (χ4n) is 2.52. The van der Waals surface area contributed by atoms with Crippen molar-refractivity contribution in [1.29, 1.82) is 0 Å². The largest absolute Gasteiger partial charge is 0.441 e. The van der Waals surface area contributed by atoms with Crippen LogP contribution in [-0.4, -0.2) is 22.5 Å². The van der Waals surface area contributed by atoms with Crippen LogP contribution in [0.4, 0.5) is 4.39 Å². The van der Waals surface area contributed by atoms with Crippen LogP contribution >= 0.6 is 11.6 Å². The summed E-state index contributed by atoms with van der Waals surface area (Å²) in [6, 6.07) is 12.8. The van der Waals surface area contributed by atoms with Crippen molar-refractivity contribution < 1.29 is 18.7 Å². The molecule has 140 valence electrons. The molecule has 0 saturated carbocycles. The highest BCUT2D eigenvalue weighted by Gasteiger charge is 2.12. The van der Waals surface area contributed by atoms with Gasteiger partial charge < -0.3 is 14.8 Å². The molecule has 2 N–H and O–H groups in total. The summed E-state index contributed by atoms with van der Waals surface area (Å²) >= 11 is 5.86. The third-order valence-corrected chi connectivity index (χ3v) is 4.23. The molecule has 0 aliphatic heterocycles. The van der Waals surface area contributed by atoms with Gasteiger partial charge in [0.1, 0.15) is 5.82 Å². The van der Waals surface area contributed by atoms with Crippen LogP contribution in [0, 0.1) is 5.82 Å². The van der Waals surface area contributed by atoms with E-state index in [0.29, 0.717) is 28.7 Å². The molecule has 5 nitrogen and oxygen atoms in total. The molecule has 0 aliphatic rings. The minimum atomic E-state index is -0.970. The van der Waals surface area contributed by atoms with Crippen LogP contribution in [0.1, 0.15) is 24.0 Å². The predicted molar refractivity (Wildman–Crippen MR) is 99.6 cm³/mol. The van der Waals surface area contributed by atoms with E-state index in [4.69, 9.17) is 16.0 Å². The Morgan fingerprint density at radius 2 is 2.04 bits per heavy atom. The molecule has 0 saturated heterocycles. The van der Waals surface area contributed by atoms with Gasteiger partial charge in [-0.15, -0.1) is 0 Å². The summed E-state index contributed by atoms with van der Waals surface area (Å²) < 4.78 is 18.8. The number of carbonyl (C=O) groups excluding carboxylic acids is 1. The Balaban J connectivity index is 1.47. The molecular formula is C20H18ClFN2O3. The Kier molecular flexibility index (Phi) is 6.21. The molecule has 7 heteroatoms. The number of hydrogen-bond acceptors (Lipinski definition) is 4. The third kappa shape index (κ3) is 5.39. The fraction of sp³-hybridized carbons (Fsp3) is 0.200. The van der Waals surface area contributed by atoms with Crippen LogP contribution < -0.4 is 5.32 Å². The highest BCUT2D eigenvalue weighted by Crippen LogP contribution is 2.22. The van der Waals surface area contributed by atoms with Crippen LogP contribution in [0.5, 0.6) is 0 Å². The van der Waals surface area contributed by atoms with Crippen LogP contribution in [-0.2, 0) is 11.2 Å². The lowest BCUT2D eigenvalue weighted by molar-refractivity contribution is -0.121. The van der Waals surface area contributed by atoms with Gasteiger partial charge in [-0.1, -0.05) is 23.7 Å². The minimum absolute atomic E-state index is 0.00386. The molecule has 1 heterocycles. The van der Waals surface area contributed by atoms with E-state index in [1.807, 2.05) is 12.1 Å². The molecule has 27 heavy (non-hydrogen) atoms. The SMILES string of the molecule is O=C(CCc1ncc(-c2ccc(Cl)cc2)o1)NCC(O)c1cccc(F)c1. The molecule has 0 fully saturated rings. The number of carbonyl (C=O) groups is 1. The molecule has 1 unspecified atom stereocenters. The van der Waals surface area contributed by atoms with E-state index < -0.39 is 11.9 Å². The minimum Gasteiger partial charge on any atom is -0.441 e. The first-order valence-electron chi connectivity index (χ1n) is 8.42. The first-order valence-corrected chi connectivity index (χ1v) is 8.80. The summed E-state index contributed by atoms with van der Waals surface area (Å²) in [4.78, 5) is 16.1. The second kappa shape index (κ2) is 8.79. The summed E-state index contributed by atoms with van der Waals surface area (Å²) in [6.45, 7) is 0.00386. The number of aliphatic hydroxyl groups is 1. The lowest BCUT2D eigenvalue weighted by Crippen LogP contribution is -2.28. The topological polar surface area (TPSA) is 75.4 Å². The van der Waals surface area contributed by atoms with Gasteiger partial charge in [-0.05, 0) is 42.0 Å². The highest BCUT2D eigenvalue weighted by atomic mass is 35.5. The summed E-state index contributed by atoms with van der Waals surface area (Å²) in [6.07, 6.45) is 1.12. The van der Waals surface area contributed by atoms with Gasteiger partial charge >= 0.3 is 0 Å². The highest BCUT2D eigenvalue weighted by molar-refractivity contribution is 6.30.